The van der Waals surface area contributed by atoms with Crippen molar-refractivity contribution >= 4 is 40.6 Å². The predicted octanol–water partition coefficient (Wildman–Crippen LogP) is 4.08. The summed E-state index contributed by atoms with van der Waals surface area (Å²) in [6.45, 7) is 1.93. The van der Waals surface area contributed by atoms with Crippen LogP contribution < -0.4 is 16.0 Å². The van der Waals surface area contributed by atoms with Gasteiger partial charge in [-0.25, -0.2) is 15.8 Å². The first-order valence-corrected chi connectivity index (χ1v) is 6.83. The smallest absolute Gasteiger partial charge is 0.227 e. The third-order valence-electron chi connectivity index (χ3n) is 2.58. The summed E-state index contributed by atoms with van der Waals surface area (Å²) in [4.78, 5) is 8.10. The summed E-state index contributed by atoms with van der Waals surface area (Å²) >= 11 is 17.9. The van der Waals surface area contributed by atoms with Gasteiger partial charge in [-0.05, 0) is 12.5 Å². The lowest BCUT2D eigenvalue weighted by Gasteiger charge is -2.13. The fourth-order valence-electron chi connectivity index (χ4n) is 1.61. The summed E-state index contributed by atoms with van der Waals surface area (Å²) in [6.07, 6.45) is 1.98. The minimum Gasteiger partial charge on any atom is -0.437 e. The van der Waals surface area contributed by atoms with Crippen molar-refractivity contribution in [1.82, 2.24) is 9.97 Å². The van der Waals surface area contributed by atoms with Crippen molar-refractivity contribution in [3.8, 4) is 11.6 Å². The SMILES string of the molecule is CCc1c(NN)ncnc1Oc1cc(Cl)c(Cl)cc1Cl. The number of benzene rings is 1. The lowest BCUT2D eigenvalue weighted by atomic mass is 10.2. The van der Waals surface area contributed by atoms with Crippen LogP contribution in [0.2, 0.25) is 15.1 Å². The van der Waals surface area contributed by atoms with E-state index in [1.54, 1.807) is 0 Å². The number of rotatable bonds is 4. The lowest BCUT2D eigenvalue weighted by molar-refractivity contribution is 0.456. The zero-order valence-corrected chi connectivity index (χ0v) is 12.7. The first kappa shape index (κ1) is 15.1. The molecule has 0 atom stereocenters. The van der Waals surface area contributed by atoms with E-state index < -0.39 is 0 Å². The minimum absolute atomic E-state index is 0.335. The third-order valence-corrected chi connectivity index (χ3v) is 3.60. The number of nitrogen functional groups attached to an aromatic ring is 1. The highest BCUT2D eigenvalue weighted by Crippen LogP contribution is 2.37. The minimum atomic E-state index is 0.335. The maximum absolute atomic E-state index is 6.07. The average Bonchev–Trinajstić information content (AvgIpc) is 2.44. The molecule has 8 heteroatoms. The monoisotopic (exact) mass is 332 g/mol. The molecule has 0 bridgehead atoms. The van der Waals surface area contributed by atoms with Crippen LogP contribution in [0.5, 0.6) is 11.6 Å². The molecular formula is C12H11Cl3N4O. The van der Waals surface area contributed by atoms with Gasteiger partial charge in [0.2, 0.25) is 5.88 Å². The van der Waals surface area contributed by atoms with E-state index in [1.165, 1.54) is 18.5 Å². The first-order chi connectivity index (χ1) is 9.56. The number of hydrogen-bond donors (Lipinski definition) is 2. The molecule has 0 aliphatic carbocycles. The predicted molar refractivity (Wildman–Crippen MR) is 80.8 cm³/mol. The fourth-order valence-corrected chi connectivity index (χ4v) is 2.19. The quantitative estimate of drug-likeness (QED) is 0.501. The first-order valence-electron chi connectivity index (χ1n) is 5.69. The highest BCUT2D eigenvalue weighted by Gasteiger charge is 2.14. The molecule has 2 aromatic rings. The summed E-state index contributed by atoms with van der Waals surface area (Å²) in [5.41, 5.74) is 3.23. The molecule has 0 saturated heterocycles. The van der Waals surface area contributed by atoms with Gasteiger partial charge in [0.25, 0.3) is 0 Å². The van der Waals surface area contributed by atoms with Gasteiger partial charge in [0, 0.05) is 6.07 Å². The van der Waals surface area contributed by atoms with E-state index in [2.05, 4.69) is 15.4 Å². The van der Waals surface area contributed by atoms with Gasteiger partial charge in [-0.1, -0.05) is 41.7 Å². The molecule has 0 saturated carbocycles. The number of anilines is 1. The van der Waals surface area contributed by atoms with Crippen LogP contribution in [0.3, 0.4) is 0 Å². The van der Waals surface area contributed by atoms with Crippen LogP contribution in [0, 0.1) is 0 Å². The van der Waals surface area contributed by atoms with Crippen molar-refractivity contribution in [2.75, 3.05) is 5.43 Å². The third kappa shape index (κ3) is 3.07. The molecule has 0 fully saturated rings. The van der Waals surface area contributed by atoms with Gasteiger partial charge >= 0.3 is 0 Å². The second-order valence-corrected chi connectivity index (χ2v) is 5.02. The summed E-state index contributed by atoms with van der Waals surface area (Å²) in [6, 6.07) is 3.04. The number of hydrazine groups is 1. The Labute approximate surface area is 131 Å². The van der Waals surface area contributed by atoms with E-state index in [-0.39, 0.29) is 0 Å². The summed E-state index contributed by atoms with van der Waals surface area (Å²) in [7, 11) is 0. The van der Waals surface area contributed by atoms with Crippen LogP contribution in [0.4, 0.5) is 5.82 Å². The molecule has 1 aromatic heterocycles. The number of hydrogen-bond acceptors (Lipinski definition) is 5. The Kier molecular flexibility index (Phi) is 4.88. The molecule has 0 radical (unpaired) electrons. The van der Waals surface area contributed by atoms with Crippen LogP contribution in [0.1, 0.15) is 12.5 Å². The van der Waals surface area contributed by atoms with Crippen LogP contribution in [-0.2, 0) is 6.42 Å². The highest BCUT2D eigenvalue weighted by atomic mass is 35.5. The number of nitrogens with two attached hydrogens (primary N) is 1. The van der Waals surface area contributed by atoms with Gasteiger partial charge in [-0.2, -0.15) is 0 Å². The molecular weight excluding hydrogens is 323 g/mol. The van der Waals surface area contributed by atoms with Crippen LogP contribution in [-0.4, -0.2) is 9.97 Å². The summed E-state index contributed by atoms with van der Waals surface area (Å²) in [5, 5.41) is 1.03. The Hall–Kier alpha value is -1.27. The van der Waals surface area contributed by atoms with E-state index in [4.69, 9.17) is 45.4 Å². The number of nitrogens with one attached hydrogen (secondary N) is 1. The number of aromatic nitrogens is 2. The topological polar surface area (TPSA) is 73.1 Å². The van der Waals surface area contributed by atoms with Crippen molar-refractivity contribution in [2.45, 2.75) is 13.3 Å². The number of nitrogens with zero attached hydrogens (tertiary/aromatic N) is 2. The molecule has 0 spiro atoms. The number of ether oxygens (including phenoxy) is 1. The molecule has 5 nitrogen and oxygen atoms in total. The van der Waals surface area contributed by atoms with Crippen molar-refractivity contribution in [3.05, 3.63) is 39.1 Å². The Morgan fingerprint density at radius 2 is 1.85 bits per heavy atom. The largest absolute Gasteiger partial charge is 0.437 e. The normalized spacial score (nSPS) is 10.4. The second kappa shape index (κ2) is 6.45. The molecule has 1 aromatic carbocycles. The van der Waals surface area contributed by atoms with E-state index in [9.17, 15) is 0 Å². The fraction of sp³-hybridized carbons (Fsp3) is 0.167. The Morgan fingerprint density at radius 3 is 2.50 bits per heavy atom. The molecule has 106 valence electrons. The van der Waals surface area contributed by atoms with E-state index in [0.29, 0.717) is 38.9 Å². The summed E-state index contributed by atoms with van der Waals surface area (Å²) < 4.78 is 5.69. The second-order valence-electron chi connectivity index (χ2n) is 3.80. The Balaban J connectivity index is 2.42. The van der Waals surface area contributed by atoms with Gasteiger partial charge in [0.15, 0.2) is 0 Å². The van der Waals surface area contributed by atoms with Crippen molar-refractivity contribution < 1.29 is 4.74 Å². The standard InChI is InChI=1S/C12H11Cl3N4O/c1-2-6-11(19-16)17-5-18-12(6)20-10-4-8(14)7(13)3-9(10)15/h3-5H,2,16H2,1H3,(H,17,18,19). The highest BCUT2D eigenvalue weighted by molar-refractivity contribution is 6.43. The van der Waals surface area contributed by atoms with Gasteiger partial charge in [0.05, 0.1) is 20.6 Å². The van der Waals surface area contributed by atoms with E-state index in [0.717, 1.165) is 5.56 Å². The van der Waals surface area contributed by atoms with Crippen molar-refractivity contribution in [1.29, 1.82) is 0 Å². The molecule has 20 heavy (non-hydrogen) atoms. The van der Waals surface area contributed by atoms with Crippen molar-refractivity contribution in [2.24, 2.45) is 5.84 Å². The van der Waals surface area contributed by atoms with Gasteiger partial charge in [-0.3, -0.25) is 0 Å². The van der Waals surface area contributed by atoms with Crippen LogP contribution in [0.25, 0.3) is 0 Å². The summed E-state index contributed by atoms with van der Waals surface area (Å²) in [5.74, 6) is 6.61. The van der Waals surface area contributed by atoms with E-state index in [1.807, 2.05) is 6.92 Å². The van der Waals surface area contributed by atoms with Gasteiger partial charge < -0.3 is 10.2 Å². The molecule has 3 N–H and O–H groups in total. The van der Waals surface area contributed by atoms with Gasteiger partial charge in [-0.15, -0.1) is 0 Å². The van der Waals surface area contributed by atoms with Crippen LogP contribution >= 0.6 is 34.8 Å². The maximum atomic E-state index is 6.07. The zero-order chi connectivity index (χ0) is 14.7. The molecule has 0 amide bonds. The zero-order valence-electron chi connectivity index (χ0n) is 10.5. The Bertz CT molecular complexity index is 636. The molecule has 1 heterocycles. The molecule has 0 aliphatic heterocycles. The average molecular weight is 334 g/mol. The molecule has 0 unspecified atom stereocenters. The van der Waals surface area contributed by atoms with Crippen molar-refractivity contribution in [3.63, 3.8) is 0 Å². The lowest BCUT2D eigenvalue weighted by Crippen LogP contribution is -2.12. The maximum Gasteiger partial charge on any atom is 0.227 e. The van der Waals surface area contributed by atoms with Gasteiger partial charge in [0.1, 0.15) is 17.9 Å². The van der Waals surface area contributed by atoms with E-state index >= 15 is 0 Å². The Morgan fingerprint density at radius 1 is 1.15 bits per heavy atom. The molecule has 0 aliphatic rings. The van der Waals surface area contributed by atoms with Crippen LogP contribution in [0.15, 0.2) is 18.5 Å². The number of halogens is 3. The molecule has 2 rings (SSSR count).